The highest BCUT2D eigenvalue weighted by molar-refractivity contribution is 4.91. The normalized spacial score (nSPS) is 42.9. The van der Waals surface area contributed by atoms with Gasteiger partial charge in [0.25, 0.3) is 0 Å². The molecule has 17 heavy (non-hydrogen) atoms. The van der Waals surface area contributed by atoms with Crippen molar-refractivity contribution < 1.29 is 14.9 Å². The van der Waals surface area contributed by atoms with Crippen molar-refractivity contribution in [3.63, 3.8) is 0 Å². The van der Waals surface area contributed by atoms with E-state index in [-0.39, 0.29) is 6.10 Å². The Bertz CT molecular complexity index is 254. The zero-order chi connectivity index (χ0) is 11.7. The van der Waals surface area contributed by atoms with Crippen LogP contribution in [0.3, 0.4) is 0 Å². The van der Waals surface area contributed by atoms with Gasteiger partial charge < -0.3 is 5.11 Å². The molecule has 4 rings (SSSR count). The van der Waals surface area contributed by atoms with Crippen molar-refractivity contribution in [2.24, 2.45) is 11.8 Å². The van der Waals surface area contributed by atoms with Gasteiger partial charge in [-0.25, -0.2) is 9.78 Å². The maximum absolute atomic E-state index is 10.5. The Hall–Kier alpha value is -0.120. The smallest absolute Gasteiger partial charge is 0.202 e. The van der Waals surface area contributed by atoms with E-state index >= 15 is 0 Å². The molecule has 1 unspecified atom stereocenters. The molecule has 1 N–H and O–H groups in total. The van der Waals surface area contributed by atoms with E-state index in [1.54, 1.807) is 0 Å². The molecule has 3 nitrogen and oxygen atoms in total. The van der Waals surface area contributed by atoms with Crippen LogP contribution in [0.5, 0.6) is 0 Å². The SMILES string of the molecule is OC1(OOC2CCCCC2)CC2CCC1CC2. The Morgan fingerprint density at radius 2 is 1.59 bits per heavy atom. The molecule has 98 valence electrons. The minimum Gasteiger partial charge on any atom is -0.363 e. The molecule has 4 aliphatic carbocycles. The first-order valence-corrected chi connectivity index (χ1v) is 7.33. The van der Waals surface area contributed by atoms with Crippen molar-refractivity contribution in [3.05, 3.63) is 0 Å². The topological polar surface area (TPSA) is 38.7 Å². The number of hydrogen-bond donors (Lipinski definition) is 1. The van der Waals surface area contributed by atoms with Crippen LogP contribution < -0.4 is 0 Å². The summed E-state index contributed by atoms with van der Waals surface area (Å²) >= 11 is 0. The van der Waals surface area contributed by atoms with Crippen LogP contribution in [0.4, 0.5) is 0 Å². The highest BCUT2D eigenvalue weighted by Crippen LogP contribution is 2.48. The van der Waals surface area contributed by atoms with Crippen LogP contribution in [0.2, 0.25) is 0 Å². The van der Waals surface area contributed by atoms with Gasteiger partial charge in [-0.1, -0.05) is 19.3 Å². The predicted octanol–water partition coefficient (Wildman–Crippen LogP) is 3.17. The molecule has 4 aliphatic rings. The van der Waals surface area contributed by atoms with Gasteiger partial charge in [0.05, 0.1) is 6.10 Å². The first-order chi connectivity index (χ1) is 8.26. The summed E-state index contributed by atoms with van der Waals surface area (Å²) in [6.07, 6.45) is 11.7. The van der Waals surface area contributed by atoms with E-state index in [1.807, 2.05) is 0 Å². The van der Waals surface area contributed by atoms with Gasteiger partial charge in [0.2, 0.25) is 5.79 Å². The lowest BCUT2D eigenvalue weighted by Crippen LogP contribution is -2.50. The quantitative estimate of drug-likeness (QED) is 0.468. The summed E-state index contributed by atoms with van der Waals surface area (Å²) in [5, 5.41) is 10.5. The second-order valence-corrected chi connectivity index (χ2v) is 6.21. The molecule has 2 bridgehead atoms. The summed E-state index contributed by atoms with van der Waals surface area (Å²) in [6, 6.07) is 0. The number of fused-ring (bicyclic) bond motifs is 3. The molecule has 0 aliphatic heterocycles. The largest absolute Gasteiger partial charge is 0.363 e. The van der Waals surface area contributed by atoms with Crippen molar-refractivity contribution >= 4 is 0 Å². The van der Waals surface area contributed by atoms with Gasteiger partial charge in [0.1, 0.15) is 0 Å². The van der Waals surface area contributed by atoms with Crippen molar-refractivity contribution in [1.29, 1.82) is 0 Å². The van der Waals surface area contributed by atoms with Gasteiger partial charge in [-0.15, -0.1) is 0 Å². The molecule has 0 radical (unpaired) electrons. The third-order valence-electron chi connectivity index (χ3n) is 4.95. The van der Waals surface area contributed by atoms with Crippen LogP contribution in [0.1, 0.15) is 64.2 Å². The molecule has 4 saturated carbocycles. The molecule has 0 spiro atoms. The first kappa shape index (κ1) is 11.9. The van der Waals surface area contributed by atoms with Gasteiger partial charge in [-0.05, 0) is 44.4 Å². The van der Waals surface area contributed by atoms with E-state index in [0.717, 1.165) is 32.1 Å². The maximum atomic E-state index is 10.5. The highest BCUT2D eigenvalue weighted by atomic mass is 17.2. The molecule has 0 aromatic carbocycles. The monoisotopic (exact) mass is 240 g/mol. The van der Waals surface area contributed by atoms with Gasteiger partial charge in [-0.3, -0.25) is 0 Å². The molecule has 3 heteroatoms. The van der Waals surface area contributed by atoms with Crippen molar-refractivity contribution in [1.82, 2.24) is 0 Å². The Morgan fingerprint density at radius 1 is 0.882 bits per heavy atom. The number of aliphatic hydroxyl groups is 1. The van der Waals surface area contributed by atoms with Gasteiger partial charge in [-0.2, -0.15) is 0 Å². The second-order valence-electron chi connectivity index (χ2n) is 6.21. The number of hydrogen-bond acceptors (Lipinski definition) is 3. The predicted molar refractivity (Wildman–Crippen MR) is 64.1 cm³/mol. The lowest BCUT2D eigenvalue weighted by atomic mass is 9.67. The van der Waals surface area contributed by atoms with Gasteiger partial charge >= 0.3 is 0 Å². The fourth-order valence-corrected chi connectivity index (χ4v) is 3.81. The van der Waals surface area contributed by atoms with Crippen LogP contribution in [0, 0.1) is 11.8 Å². The summed E-state index contributed by atoms with van der Waals surface area (Å²) in [5.74, 6) is -0.0189. The summed E-state index contributed by atoms with van der Waals surface area (Å²) < 4.78 is 0. The summed E-state index contributed by atoms with van der Waals surface area (Å²) in [4.78, 5) is 11.0. The zero-order valence-corrected chi connectivity index (χ0v) is 10.6. The average Bonchev–Trinajstić information content (AvgIpc) is 2.39. The van der Waals surface area contributed by atoms with E-state index in [1.165, 1.54) is 32.1 Å². The maximum Gasteiger partial charge on any atom is 0.202 e. The molecule has 0 aromatic rings. The van der Waals surface area contributed by atoms with E-state index in [9.17, 15) is 5.11 Å². The molecule has 0 amide bonds. The van der Waals surface area contributed by atoms with Crippen LogP contribution in [-0.4, -0.2) is 17.0 Å². The average molecular weight is 240 g/mol. The Morgan fingerprint density at radius 3 is 2.18 bits per heavy atom. The third-order valence-corrected chi connectivity index (χ3v) is 4.95. The summed E-state index contributed by atoms with van der Waals surface area (Å²) in [7, 11) is 0. The van der Waals surface area contributed by atoms with Crippen molar-refractivity contribution in [3.8, 4) is 0 Å². The number of rotatable bonds is 3. The molecule has 4 fully saturated rings. The van der Waals surface area contributed by atoms with E-state index in [4.69, 9.17) is 9.78 Å². The molecule has 0 heterocycles. The third kappa shape index (κ3) is 2.51. The molecule has 1 atom stereocenters. The molecule has 0 saturated heterocycles. The van der Waals surface area contributed by atoms with Gasteiger partial charge in [0.15, 0.2) is 0 Å². The van der Waals surface area contributed by atoms with Crippen LogP contribution in [-0.2, 0) is 9.78 Å². The molecule has 0 aromatic heterocycles. The van der Waals surface area contributed by atoms with Crippen LogP contribution >= 0.6 is 0 Å². The zero-order valence-electron chi connectivity index (χ0n) is 10.6. The lowest BCUT2D eigenvalue weighted by molar-refractivity contribution is -0.464. The van der Waals surface area contributed by atoms with Crippen LogP contribution in [0.25, 0.3) is 0 Å². The lowest BCUT2D eigenvalue weighted by Gasteiger charge is -2.47. The van der Waals surface area contributed by atoms with Crippen LogP contribution in [0.15, 0.2) is 0 Å². The highest BCUT2D eigenvalue weighted by Gasteiger charge is 2.48. The molecular formula is C14H24O3. The fourth-order valence-electron chi connectivity index (χ4n) is 3.81. The fraction of sp³-hybridized carbons (Fsp3) is 1.00. The van der Waals surface area contributed by atoms with E-state index in [0.29, 0.717) is 11.8 Å². The minimum atomic E-state index is -0.974. The Balaban J connectivity index is 1.53. The van der Waals surface area contributed by atoms with E-state index < -0.39 is 5.79 Å². The van der Waals surface area contributed by atoms with E-state index in [2.05, 4.69) is 0 Å². The second kappa shape index (κ2) is 4.87. The Kier molecular flexibility index (Phi) is 3.42. The summed E-state index contributed by atoms with van der Waals surface area (Å²) in [5.41, 5.74) is 0. The van der Waals surface area contributed by atoms with Gasteiger partial charge in [0, 0.05) is 12.3 Å². The molecular weight excluding hydrogens is 216 g/mol. The Labute approximate surface area is 103 Å². The summed E-state index contributed by atoms with van der Waals surface area (Å²) in [6.45, 7) is 0. The standard InChI is InChI=1S/C14H24O3/c15-14(10-11-6-8-12(14)9-7-11)17-16-13-4-2-1-3-5-13/h11-13,15H,1-10H2. The van der Waals surface area contributed by atoms with Crippen molar-refractivity contribution in [2.75, 3.05) is 0 Å². The van der Waals surface area contributed by atoms with Crippen molar-refractivity contribution in [2.45, 2.75) is 76.1 Å². The first-order valence-electron chi connectivity index (χ1n) is 7.33. The minimum absolute atomic E-state index is 0.216.